The number of hydrogen-bond acceptors (Lipinski definition) is 3. The lowest BCUT2D eigenvalue weighted by Gasteiger charge is -2.24. The van der Waals surface area contributed by atoms with E-state index in [1.54, 1.807) is 17.8 Å². The molecule has 20 heavy (non-hydrogen) atoms. The smallest absolute Gasteiger partial charge is 0.161 e. The third-order valence-electron chi connectivity index (χ3n) is 2.75. The predicted molar refractivity (Wildman–Crippen MR) is 86.7 cm³/mol. The van der Waals surface area contributed by atoms with Crippen LogP contribution in [0.1, 0.15) is 19.4 Å². The number of rotatable bonds is 2. The Kier molecular flexibility index (Phi) is 4.55. The van der Waals surface area contributed by atoms with E-state index in [1.165, 1.54) is 12.1 Å². The first-order valence-electron chi connectivity index (χ1n) is 6.16. The maximum absolute atomic E-state index is 13.0. The molecule has 1 aliphatic heterocycles. The number of allylic oxidation sites excluding steroid dienone is 1. The highest BCUT2D eigenvalue weighted by Gasteiger charge is 2.19. The van der Waals surface area contributed by atoms with Crippen LogP contribution in [0, 0.1) is 5.82 Å². The average molecular weight is 311 g/mol. The van der Waals surface area contributed by atoms with Gasteiger partial charge in [0, 0.05) is 5.70 Å². The van der Waals surface area contributed by atoms with Gasteiger partial charge in [0.1, 0.15) is 5.82 Å². The fraction of sp³-hybridized carbons (Fsp3) is 0.267. The monoisotopic (exact) mass is 310 g/mol. The van der Waals surface area contributed by atoms with Gasteiger partial charge in [-0.1, -0.05) is 35.5 Å². The van der Waals surface area contributed by atoms with E-state index in [9.17, 15) is 4.39 Å². The van der Waals surface area contributed by atoms with Crippen LogP contribution in [0.2, 0.25) is 5.02 Å². The number of hydrogen-bond donors (Lipinski definition) is 1. The predicted octanol–water partition coefficient (Wildman–Crippen LogP) is 4.48. The maximum atomic E-state index is 13.0. The zero-order chi connectivity index (χ0) is 14.8. The zero-order valence-electron chi connectivity index (χ0n) is 11.6. The Morgan fingerprint density at radius 1 is 1.35 bits per heavy atom. The van der Waals surface area contributed by atoms with E-state index >= 15 is 0 Å². The summed E-state index contributed by atoms with van der Waals surface area (Å²) in [5.74, 6) is -0.333. The Hall–Kier alpha value is -1.26. The molecule has 1 aliphatic rings. The van der Waals surface area contributed by atoms with Crippen molar-refractivity contribution in [2.45, 2.75) is 19.4 Å². The van der Waals surface area contributed by atoms with Crippen LogP contribution < -0.4 is 5.32 Å². The van der Waals surface area contributed by atoms with Crippen molar-refractivity contribution >= 4 is 34.6 Å². The van der Waals surface area contributed by atoms with Crippen LogP contribution in [0.15, 0.2) is 41.0 Å². The van der Waals surface area contributed by atoms with Gasteiger partial charge in [-0.05, 0) is 50.0 Å². The lowest BCUT2D eigenvalue weighted by molar-refractivity contribution is 0.628. The third-order valence-corrected chi connectivity index (χ3v) is 3.66. The van der Waals surface area contributed by atoms with E-state index in [0.717, 1.165) is 16.4 Å². The molecule has 0 bridgehead atoms. The fourth-order valence-corrected chi connectivity index (χ4v) is 2.64. The molecule has 1 aromatic carbocycles. The molecule has 0 radical (unpaired) electrons. The van der Waals surface area contributed by atoms with E-state index in [-0.39, 0.29) is 11.4 Å². The van der Waals surface area contributed by atoms with E-state index in [4.69, 9.17) is 11.6 Å². The number of halogens is 2. The van der Waals surface area contributed by atoms with Gasteiger partial charge in [0.2, 0.25) is 0 Å². The van der Waals surface area contributed by atoms with Crippen LogP contribution in [-0.4, -0.2) is 17.0 Å². The lowest BCUT2D eigenvalue weighted by Crippen LogP contribution is -2.31. The maximum Gasteiger partial charge on any atom is 0.161 e. The van der Waals surface area contributed by atoms with Gasteiger partial charge in [-0.2, -0.15) is 0 Å². The molecule has 0 saturated heterocycles. The van der Waals surface area contributed by atoms with E-state index in [0.29, 0.717) is 5.02 Å². The third kappa shape index (κ3) is 3.87. The molecular formula is C15H16ClFN2S. The van der Waals surface area contributed by atoms with Gasteiger partial charge in [0.05, 0.1) is 10.6 Å². The lowest BCUT2D eigenvalue weighted by atomic mass is 10.0. The first kappa shape index (κ1) is 15.1. The van der Waals surface area contributed by atoms with Gasteiger partial charge in [-0.25, -0.2) is 4.39 Å². The summed E-state index contributed by atoms with van der Waals surface area (Å²) in [6.07, 6.45) is 7.80. The Labute approximate surface area is 127 Å². The van der Waals surface area contributed by atoms with Gasteiger partial charge >= 0.3 is 0 Å². The molecular weight excluding hydrogens is 295 g/mol. The molecule has 2 nitrogen and oxygen atoms in total. The van der Waals surface area contributed by atoms with Gasteiger partial charge in [0.25, 0.3) is 0 Å². The molecule has 2 rings (SSSR count). The standard InChI is InChI=1S/C15H16ClFN2S/c1-15(2)9-12(18-14(19-15)20-3)7-5-10-4-6-11(17)8-13(10)16/h4-9H,1-3H3,(H,18,19)/b7-5+. The van der Waals surface area contributed by atoms with E-state index in [1.807, 2.05) is 38.3 Å². The van der Waals surface area contributed by atoms with Gasteiger partial charge < -0.3 is 5.32 Å². The molecule has 0 atom stereocenters. The van der Waals surface area contributed by atoms with E-state index in [2.05, 4.69) is 10.3 Å². The topological polar surface area (TPSA) is 24.4 Å². The first-order chi connectivity index (χ1) is 9.39. The Morgan fingerprint density at radius 2 is 2.10 bits per heavy atom. The normalized spacial score (nSPS) is 17.6. The van der Waals surface area contributed by atoms with Crippen LogP contribution in [0.4, 0.5) is 4.39 Å². The summed E-state index contributed by atoms with van der Waals surface area (Å²) in [5.41, 5.74) is 1.49. The summed E-state index contributed by atoms with van der Waals surface area (Å²) < 4.78 is 13.0. The summed E-state index contributed by atoms with van der Waals surface area (Å²) in [7, 11) is 0. The van der Waals surface area contributed by atoms with Crippen LogP contribution in [0.3, 0.4) is 0 Å². The van der Waals surface area contributed by atoms with Crippen molar-refractivity contribution < 1.29 is 4.39 Å². The molecule has 0 spiro atoms. The fourth-order valence-electron chi connectivity index (χ4n) is 1.86. The molecule has 1 N–H and O–H groups in total. The molecule has 0 amide bonds. The summed E-state index contributed by atoms with van der Waals surface area (Å²) in [4.78, 5) is 4.55. The minimum Gasteiger partial charge on any atom is -0.335 e. The second-order valence-corrected chi connectivity index (χ2v) is 6.20. The van der Waals surface area contributed by atoms with Gasteiger partial charge in [-0.15, -0.1) is 0 Å². The molecule has 1 aromatic rings. The molecule has 0 aromatic heterocycles. The molecule has 0 unspecified atom stereocenters. The summed E-state index contributed by atoms with van der Waals surface area (Å²) >= 11 is 7.57. The quantitative estimate of drug-likeness (QED) is 0.871. The second-order valence-electron chi connectivity index (χ2n) is 5.00. The Bertz CT molecular complexity index is 606. The van der Waals surface area contributed by atoms with Crippen LogP contribution >= 0.6 is 23.4 Å². The minimum atomic E-state index is -0.333. The summed E-state index contributed by atoms with van der Waals surface area (Å²) in [6.45, 7) is 4.09. The number of amidine groups is 1. The number of aliphatic imine (C=N–C) groups is 1. The highest BCUT2D eigenvalue weighted by atomic mass is 35.5. The molecule has 0 saturated carbocycles. The molecule has 0 fully saturated rings. The van der Waals surface area contributed by atoms with Crippen molar-refractivity contribution in [2.24, 2.45) is 4.99 Å². The number of thioether (sulfide) groups is 1. The van der Waals surface area contributed by atoms with Crippen molar-refractivity contribution in [1.29, 1.82) is 0 Å². The Morgan fingerprint density at radius 3 is 2.75 bits per heavy atom. The van der Waals surface area contributed by atoms with E-state index < -0.39 is 0 Å². The average Bonchev–Trinajstić information content (AvgIpc) is 2.36. The van der Waals surface area contributed by atoms with Crippen molar-refractivity contribution in [3.05, 3.63) is 52.5 Å². The van der Waals surface area contributed by atoms with Crippen LogP contribution in [0.5, 0.6) is 0 Å². The molecule has 0 aliphatic carbocycles. The molecule has 106 valence electrons. The van der Waals surface area contributed by atoms with Crippen molar-refractivity contribution in [1.82, 2.24) is 5.32 Å². The van der Waals surface area contributed by atoms with Gasteiger partial charge in [-0.3, -0.25) is 4.99 Å². The van der Waals surface area contributed by atoms with Crippen molar-refractivity contribution in [2.75, 3.05) is 6.26 Å². The molecule has 5 heteroatoms. The summed E-state index contributed by atoms with van der Waals surface area (Å²) in [6, 6.07) is 4.36. The Balaban J connectivity index is 2.21. The van der Waals surface area contributed by atoms with Crippen LogP contribution in [-0.2, 0) is 0 Å². The SMILES string of the molecule is CSC1=NC(C)(C)C=C(/C=C/c2ccc(F)cc2Cl)N1. The van der Waals surface area contributed by atoms with Gasteiger partial charge in [0.15, 0.2) is 5.17 Å². The van der Waals surface area contributed by atoms with Crippen LogP contribution in [0.25, 0.3) is 6.08 Å². The number of nitrogens with zero attached hydrogens (tertiary/aromatic N) is 1. The summed E-state index contributed by atoms with van der Waals surface area (Å²) in [5, 5.41) is 4.51. The number of nitrogens with one attached hydrogen (secondary N) is 1. The zero-order valence-corrected chi connectivity index (χ0v) is 13.1. The van der Waals surface area contributed by atoms with Crippen molar-refractivity contribution in [3.63, 3.8) is 0 Å². The highest BCUT2D eigenvalue weighted by Crippen LogP contribution is 2.23. The second kappa shape index (κ2) is 6.02. The largest absolute Gasteiger partial charge is 0.335 e. The molecule has 1 heterocycles. The number of benzene rings is 1. The van der Waals surface area contributed by atoms with Crippen molar-refractivity contribution in [3.8, 4) is 0 Å². The first-order valence-corrected chi connectivity index (χ1v) is 7.77. The highest BCUT2D eigenvalue weighted by molar-refractivity contribution is 8.13. The minimum absolute atomic E-state index is 0.240.